The molecule has 0 saturated carbocycles. The van der Waals surface area contributed by atoms with Crippen molar-refractivity contribution in [3.63, 3.8) is 0 Å². The van der Waals surface area contributed by atoms with Gasteiger partial charge in [-0.15, -0.1) is 0 Å². The third kappa shape index (κ3) is 5.10. The summed E-state index contributed by atoms with van der Waals surface area (Å²) in [5.74, 6) is -0.141. The second-order valence-corrected chi connectivity index (χ2v) is 10.4. The molecule has 2 aromatic rings. The highest BCUT2D eigenvalue weighted by Crippen LogP contribution is 2.25. The smallest absolute Gasteiger partial charge is 0.244 e. The van der Waals surface area contributed by atoms with Crippen LogP contribution in [-0.4, -0.2) is 42.0 Å². The van der Waals surface area contributed by atoms with E-state index in [4.69, 9.17) is 0 Å². The first-order valence-electron chi connectivity index (χ1n) is 8.55. The van der Waals surface area contributed by atoms with E-state index in [-0.39, 0.29) is 16.1 Å². The molecule has 1 saturated heterocycles. The molecule has 1 aliphatic heterocycles. The van der Waals surface area contributed by atoms with Crippen LogP contribution in [0.25, 0.3) is 0 Å². The predicted octanol–water partition coefficient (Wildman–Crippen LogP) is 3.75. The van der Waals surface area contributed by atoms with Crippen LogP contribution in [0.5, 0.6) is 0 Å². The minimum Gasteiger partial charge on any atom is -0.325 e. The van der Waals surface area contributed by atoms with E-state index in [1.54, 1.807) is 19.1 Å². The normalized spacial score (nSPS) is 16.2. The molecule has 1 fully saturated rings. The second-order valence-electron chi connectivity index (χ2n) is 6.20. The third-order valence-electron chi connectivity index (χ3n) is 4.19. The van der Waals surface area contributed by atoms with Gasteiger partial charge < -0.3 is 5.32 Å². The number of rotatable bonds is 6. The number of hydrogen-bond donors (Lipinski definition) is 1. The van der Waals surface area contributed by atoms with Crippen molar-refractivity contribution in [3.05, 3.63) is 47.1 Å². The molecule has 0 radical (unpaired) electrons. The Morgan fingerprint density at radius 3 is 2.44 bits per heavy atom. The third-order valence-corrected chi connectivity index (χ3v) is 7.65. The minimum atomic E-state index is -3.47. The fraction of sp³-hybridized carbons (Fsp3) is 0.333. The summed E-state index contributed by atoms with van der Waals surface area (Å²) in [6, 6.07) is 10.5. The van der Waals surface area contributed by atoms with Crippen molar-refractivity contribution >= 4 is 49.3 Å². The standard InChI is InChI=1S/C18H20BrN3O3S2/c1-13(18(23)21-15-6-4-14(19)5-7-15)26-17-9-8-16(12-20-17)27(24,25)22-10-2-3-11-22/h4-9,12-13H,2-3,10-11H2,1H3,(H,21,23). The molecule has 27 heavy (non-hydrogen) atoms. The van der Waals surface area contributed by atoms with E-state index in [9.17, 15) is 13.2 Å². The Balaban J connectivity index is 1.61. The number of nitrogens with zero attached hydrogens (tertiary/aromatic N) is 2. The molecule has 0 aliphatic carbocycles. The van der Waals surface area contributed by atoms with Gasteiger partial charge in [-0.1, -0.05) is 27.7 Å². The molecule has 9 heteroatoms. The van der Waals surface area contributed by atoms with Gasteiger partial charge >= 0.3 is 0 Å². The summed E-state index contributed by atoms with van der Waals surface area (Å²) in [5.41, 5.74) is 0.718. The Morgan fingerprint density at radius 1 is 1.19 bits per heavy atom. The lowest BCUT2D eigenvalue weighted by Gasteiger charge is -2.15. The lowest BCUT2D eigenvalue weighted by molar-refractivity contribution is -0.115. The number of amides is 1. The van der Waals surface area contributed by atoms with E-state index in [1.807, 2.05) is 24.3 Å². The van der Waals surface area contributed by atoms with Crippen LogP contribution in [0.2, 0.25) is 0 Å². The Morgan fingerprint density at radius 2 is 1.85 bits per heavy atom. The first kappa shape index (κ1) is 20.3. The van der Waals surface area contributed by atoms with Crippen molar-refractivity contribution in [2.24, 2.45) is 0 Å². The number of nitrogens with one attached hydrogen (secondary N) is 1. The number of halogens is 1. The molecule has 1 aromatic carbocycles. The van der Waals surface area contributed by atoms with E-state index >= 15 is 0 Å². The number of hydrogen-bond acceptors (Lipinski definition) is 5. The van der Waals surface area contributed by atoms with Crippen molar-refractivity contribution in [1.29, 1.82) is 0 Å². The van der Waals surface area contributed by atoms with Crippen LogP contribution >= 0.6 is 27.7 Å². The number of sulfonamides is 1. The highest BCUT2D eigenvalue weighted by molar-refractivity contribution is 9.10. The molecule has 3 rings (SSSR count). The van der Waals surface area contributed by atoms with Gasteiger partial charge in [0.15, 0.2) is 0 Å². The van der Waals surface area contributed by atoms with Crippen molar-refractivity contribution in [3.8, 4) is 0 Å². The summed E-state index contributed by atoms with van der Waals surface area (Å²) < 4.78 is 27.5. The second kappa shape index (κ2) is 8.72. The summed E-state index contributed by atoms with van der Waals surface area (Å²) >= 11 is 4.64. The van der Waals surface area contributed by atoms with E-state index in [1.165, 1.54) is 22.3 Å². The molecule has 1 aromatic heterocycles. The number of pyridine rings is 1. The summed E-state index contributed by atoms with van der Waals surface area (Å²) in [7, 11) is -3.47. The molecule has 0 bridgehead atoms. The van der Waals surface area contributed by atoms with Gasteiger partial charge in [0.25, 0.3) is 0 Å². The molecule has 1 atom stereocenters. The molecular weight excluding hydrogens is 450 g/mol. The number of benzene rings is 1. The zero-order chi connectivity index (χ0) is 19.4. The molecule has 1 amide bonds. The zero-order valence-corrected chi connectivity index (χ0v) is 18.0. The van der Waals surface area contributed by atoms with Crippen LogP contribution in [0.3, 0.4) is 0 Å². The first-order chi connectivity index (χ1) is 12.9. The van der Waals surface area contributed by atoms with E-state index in [2.05, 4.69) is 26.2 Å². The van der Waals surface area contributed by atoms with Crippen molar-refractivity contribution in [2.45, 2.75) is 34.9 Å². The maximum absolute atomic E-state index is 12.5. The number of aromatic nitrogens is 1. The minimum absolute atomic E-state index is 0.141. The van der Waals surface area contributed by atoms with Gasteiger partial charge in [-0.05, 0) is 56.2 Å². The highest BCUT2D eigenvalue weighted by atomic mass is 79.9. The maximum Gasteiger partial charge on any atom is 0.244 e. The van der Waals surface area contributed by atoms with E-state index in [0.717, 1.165) is 23.0 Å². The summed E-state index contributed by atoms with van der Waals surface area (Å²) in [5, 5.41) is 3.08. The fourth-order valence-corrected chi connectivity index (χ4v) is 5.19. The average Bonchev–Trinajstić information content (AvgIpc) is 3.19. The lowest BCUT2D eigenvalue weighted by atomic mass is 10.3. The molecule has 6 nitrogen and oxygen atoms in total. The Kier molecular flexibility index (Phi) is 6.56. The van der Waals surface area contributed by atoms with Crippen molar-refractivity contribution in [2.75, 3.05) is 18.4 Å². The molecular formula is C18H20BrN3O3S2. The van der Waals surface area contributed by atoms with Gasteiger partial charge in [0.2, 0.25) is 15.9 Å². The summed E-state index contributed by atoms with van der Waals surface area (Å²) in [6.45, 7) is 2.91. The number of carbonyl (C=O) groups excluding carboxylic acids is 1. The Hall–Kier alpha value is -1.42. The highest BCUT2D eigenvalue weighted by Gasteiger charge is 2.27. The Bertz CT molecular complexity index is 896. The maximum atomic E-state index is 12.5. The van der Waals surface area contributed by atoms with Crippen LogP contribution in [0.15, 0.2) is 57.0 Å². The summed E-state index contributed by atoms with van der Waals surface area (Å²) in [4.78, 5) is 16.8. The van der Waals surface area contributed by atoms with Crippen LogP contribution in [0, 0.1) is 0 Å². The predicted molar refractivity (Wildman–Crippen MR) is 110 cm³/mol. The monoisotopic (exact) mass is 469 g/mol. The number of anilines is 1. The van der Waals surface area contributed by atoms with Crippen LogP contribution < -0.4 is 5.32 Å². The zero-order valence-electron chi connectivity index (χ0n) is 14.8. The van der Waals surface area contributed by atoms with Gasteiger partial charge in [-0.25, -0.2) is 13.4 Å². The number of thioether (sulfide) groups is 1. The van der Waals surface area contributed by atoms with E-state index in [0.29, 0.717) is 18.1 Å². The summed E-state index contributed by atoms with van der Waals surface area (Å²) in [6.07, 6.45) is 3.16. The SMILES string of the molecule is CC(Sc1ccc(S(=O)(=O)N2CCCC2)cn1)C(=O)Nc1ccc(Br)cc1. The van der Waals surface area contributed by atoms with Gasteiger partial charge in [0, 0.05) is 29.4 Å². The van der Waals surface area contributed by atoms with Gasteiger partial charge in [0.05, 0.1) is 10.3 Å². The molecule has 2 heterocycles. The molecule has 1 unspecified atom stereocenters. The molecule has 1 N–H and O–H groups in total. The van der Waals surface area contributed by atoms with Crippen LogP contribution in [-0.2, 0) is 14.8 Å². The van der Waals surface area contributed by atoms with Crippen LogP contribution in [0.4, 0.5) is 5.69 Å². The van der Waals surface area contributed by atoms with Gasteiger partial charge in [-0.2, -0.15) is 4.31 Å². The Labute approximate surface area is 171 Å². The first-order valence-corrected chi connectivity index (χ1v) is 11.7. The van der Waals surface area contributed by atoms with Crippen LogP contribution in [0.1, 0.15) is 19.8 Å². The van der Waals surface area contributed by atoms with Gasteiger partial charge in [0.1, 0.15) is 4.90 Å². The largest absolute Gasteiger partial charge is 0.325 e. The quantitative estimate of drug-likeness (QED) is 0.651. The van der Waals surface area contributed by atoms with Gasteiger partial charge in [-0.3, -0.25) is 4.79 Å². The topological polar surface area (TPSA) is 79.4 Å². The van der Waals surface area contributed by atoms with Crippen molar-refractivity contribution < 1.29 is 13.2 Å². The van der Waals surface area contributed by atoms with E-state index < -0.39 is 10.0 Å². The molecule has 1 aliphatic rings. The fourth-order valence-electron chi connectivity index (χ4n) is 2.68. The molecule has 144 valence electrons. The van der Waals surface area contributed by atoms with Crippen molar-refractivity contribution in [1.82, 2.24) is 9.29 Å². The molecule has 0 spiro atoms. The average molecular weight is 470 g/mol. The number of carbonyl (C=O) groups is 1. The lowest BCUT2D eigenvalue weighted by Crippen LogP contribution is -2.28.